The Balaban J connectivity index is 1.67. The zero-order valence-electron chi connectivity index (χ0n) is 8.42. The van der Waals surface area contributed by atoms with Crippen LogP contribution in [0.1, 0.15) is 25.5 Å². The summed E-state index contributed by atoms with van der Waals surface area (Å²) in [7, 11) is 0. The summed E-state index contributed by atoms with van der Waals surface area (Å²) in [5.41, 5.74) is 0. The molecule has 2 nitrogen and oxygen atoms in total. The van der Waals surface area contributed by atoms with Crippen molar-refractivity contribution in [1.29, 1.82) is 0 Å². The highest BCUT2D eigenvalue weighted by Crippen LogP contribution is 2.36. The average Bonchev–Trinajstić information content (AvgIpc) is 2.92. The minimum absolute atomic E-state index is 0.469. The van der Waals surface area contributed by atoms with Crippen LogP contribution < -0.4 is 5.32 Å². The summed E-state index contributed by atoms with van der Waals surface area (Å²) in [6.45, 7) is 4.16. The Morgan fingerprint density at radius 3 is 2.93 bits per heavy atom. The minimum Gasteiger partial charge on any atom is -0.448 e. The average molecular weight is 214 g/mol. The molecular weight excluding hydrogens is 198 g/mol. The largest absolute Gasteiger partial charge is 0.448 e. The molecule has 78 valence electrons. The number of rotatable bonds is 5. The monoisotopic (exact) mass is 213 g/mol. The van der Waals surface area contributed by atoms with Crippen LogP contribution in [-0.4, -0.2) is 6.54 Å². The van der Waals surface area contributed by atoms with Crippen molar-refractivity contribution in [2.45, 2.75) is 26.3 Å². The number of hydrogen-bond donors (Lipinski definition) is 1. The summed E-state index contributed by atoms with van der Waals surface area (Å²) in [5.74, 6) is 2.67. The zero-order valence-corrected chi connectivity index (χ0v) is 9.18. The molecule has 0 aliphatic heterocycles. The molecule has 1 aromatic rings. The first-order valence-corrected chi connectivity index (χ1v) is 5.58. The first kappa shape index (κ1) is 10.1. The van der Waals surface area contributed by atoms with Crippen molar-refractivity contribution in [3.63, 3.8) is 0 Å². The molecule has 1 fully saturated rings. The maximum atomic E-state index is 5.67. The van der Waals surface area contributed by atoms with Gasteiger partial charge in [0.2, 0.25) is 0 Å². The van der Waals surface area contributed by atoms with Gasteiger partial charge in [-0.1, -0.05) is 6.92 Å². The van der Waals surface area contributed by atoms with Crippen LogP contribution in [0.5, 0.6) is 0 Å². The molecule has 1 heterocycles. The summed E-state index contributed by atoms with van der Waals surface area (Å²) in [6.07, 6.45) is 2.82. The van der Waals surface area contributed by atoms with E-state index >= 15 is 0 Å². The van der Waals surface area contributed by atoms with E-state index < -0.39 is 0 Å². The molecular formula is C11H16ClNO. The van der Waals surface area contributed by atoms with Gasteiger partial charge in [-0.05, 0) is 55.0 Å². The highest BCUT2D eigenvalue weighted by Gasteiger charge is 2.27. The zero-order chi connectivity index (χ0) is 9.97. The molecule has 1 aromatic heterocycles. The fourth-order valence-corrected chi connectivity index (χ4v) is 1.86. The van der Waals surface area contributed by atoms with Gasteiger partial charge in [-0.2, -0.15) is 0 Å². The third kappa shape index (κ3) is 2.76. The Labute approximate surface area is 89.6 Å². The molecule has 2 rings (SSSR count). The van der Waals surface area contributed by atoms with E-state index in [-0.39, 0.29) is 0 Å². The molecule has 1 aliphatic carbocycles. The fourth-order valence-electron chi connectivity index (χ4n) is 1.70. The molecule has 1 N–H and O–H groups in total. The van der Waals surface area contributed by atoms with Gasteiger partial charge in [0.25, 0.3) is 0 Å². The van der Waals surface area contributed by atoms with E-state index in [1.165, 1.54) is 12.8 Å². The van der Waals surface area contributed by atoms with Crippen LogP contribution in [0.3, 0.4) is 0 Å². The van der Waals surface area contributed by atoms with Crippen molar-refractivity contribution in [3.05, 3.63) is 23.1 Å². The van der Waals surface area contributed by atoms with Gasteiger partial charge in [-0.3, -0.25) is 0 Å². The van der Waals surface area contributed by atoms with Crippen LogP contribution in [0.15, 0.2) is 16.5 Å². The highest BCUT2D eigenvalue weighted by atomic mass is 35.5. The minimum atomic E-state index is 0.469. The van der Waals surface area contributed by atoms with E-state index in [1.54, 1.807) is 6.07 Å². The van der Waals surface area contributed by atoms with E-state index in [1.807, 2.05) is 6.07 Å². The van der Waals surface area contributed by atoms with Crippen LogP contribution in [0.25, 0.3) is 0 Å². The fraction of sp³-hybridized carbons (Fsp3) is 0.636. The lowest BCUT2D eigenvalue weighted by Crippen LogP contribution is -2.21. The van der Waals surface area contributed by atoms with Gasteiger partial charge in [-0.25, -0.2) is 0 Å². The quantitative estimate of drug-likeness (QED) is 0.814. The van der Waals surface area contributed by atoms with E-state index in [0.717, 1.165) is 30.7 Å². The van der Waals surface area contributed by atoms with E-state index in [2.05, 4.69) is 12.2 Å². The van der Waals surface area contributed by atoms with E-state index in [0.29, 0.717) is 5.22 Å². The molecule has 0 aromatic carbocycles. The van der Waals surface area contributed by atoms with Crippen LogP contribution >= 0.6 is 11.6 Å². The molecule has 1 unspecified atom stereocenters. The van der Waals surface area contributed by atoms with Crippen molar-refractivity contribution >= 4 is 11.6 Å². The second-order valence-corrected chi connectivity index (χ2v) is 4.52. The second kappa shape index (κ2) is 4.37. The number of hydrogen-bond acceptors (Lipinski definition) is 2. The molecule has 14 heavy (non-hydrogen) atoms. The van der Waals surface area contributed by atoms with Gasteiger partial charge in [-0.15, -0.1) is 0 Å². The molecule has 0 saturated heterocycles. The maximum Gasteiger partial charge on any atom is 0.193 e. The Kier molecular flexibility index (Phi) is 3.14. The normalized spacial score (nSPS) is 18.4. The molecule has 1 aliphatic rings. The van der Waals surface area contributed by atoms with Crippen LogP contribution in [-0.2, 0) is 6.54 Å². The predicted molar refractivity (Wildman–Crippen MR) is 57.3 cm³/mol. The third-order valence-electron chi connectivity index (χ3n) is 2.82. The molecule has 3 heteroatoms. The second-order valence-electron chi connectivity index (χ2n) is 4.15. The lowest BCUT2D eigenvalue weighted by Gasteiger charge is -2.09. The first-order chi connectivity index (χ1) is 6.75. The van der Waals surface area contributed by atoms with Crippen molar-refractivity contribution in [2.75, 3.05) is 6.54 Å². The Morgan fingerprint density at radius 2 is 2.36 bits per heavy atom. The Hall–Kier alpha value is -0.470. The van der Waals surface area contributed by atoms with E-state index in [4.69, 9.17) is 16.0 Å². The smallest absolute Gasteiger partial charge is 0.193 e. The van der Waals surface area contributed by atoms with Crippen LogP contribution in [0.2, 0.25) is 5.22 Å². The van der Waals surface area contributed by atoms with Gasteiger partial charge < -0.3 is 9.73 Å². The lowest BCUT2D eigenvalue weighted by molar-refractivity contribution is 0.430. The molecule has 0 spiro atoms. The summed E-state index contributed by atoms with van der Waals surface area (Å²) >= 11 is 5.67. The maximum absolute atomic E-state index is 5.67. The van der Waals surface area contributed by atoms with Crippen molar-refractivity contribution < 1.29 is 4.42 Å². The summed E-state index contributed by atoms with van der Waals surface area (Å²) in [6, 6.07) is 3.69. The Bertz CT molecular complexity index is 293. The number of nitrogens with one attached hydrogen (secondary N) is 1. The van der Waals surface area contributed by atoms with Gasteiger partial charge >= 0.3 is 0 Å². The first-order valence-electron chi connectivity index (χ1n) is 5.20. The van der Waals surface area contributed by atoms with Gasteiger partial charge in [0.05, 0.1) is 6.54 Å². The summed E-state index contributed by atoms with van der Waals surface area (Å²) in [5, 5.41) is 3.85. The van der Waals surface area contributed by atoms with Gasteiger partial charge in [0.1, 0.15) is 5.76 Å². The topological polar surface area (TPSA) is 25.2 Å². The number of halogens is 1. The number of furan rings is 1. The molecule has 1 atom stereocenters. The van der Waals surface area contributed by atoms with Crippen molar-refractivity contribution in [3.8, 4) is 0 Å². The summed E-state index contributed by atoms with van der Waals surface area (Å²) < 4.78 is 5.24. The van der Waals surface area contributed by atoms with Gasteiger partial charge in [0.15, 0.2) is 5.22 Å². The molecule has 0 radical (unpaired) electrons. The van der Waals surface area contributed by atoms with Crippen LogP contribution in [0.4, 0.5) is 0 Å². The van der Waals surface area contributed by atoms with Gasteiger partial charge in [0, 0.05) is 0 Å². The third-order valence-corrected chi connectivity index (χ3v) is 3.02. The predicted octanol–water partition coefficient (Wildman–Crippen LogP) is 3.07. The van der Waals surface area contributed by atoms with E-state index in [9.17, 15) is 0 Å². The summed E-state index contributed by atoms with van der Waals surface area (Å²) in [4.78, 5) is 0. The highest BCUT2D eigenvalue weighted by molar-refractivity contribution is 6.28. The standard InChI is InChI=1S/C11H16ClNO/c1-8(9-2-3-9)6-13-7-10-4-5-11(12)14-10/h4-5,8-9,13H,2-3,6-7H2,1H3. The molecule has 0 bridgehead atoms. The van der Waals surface area contributed by atoms with Crippen molar-refractivity contribution in [2.24, 2.45) is 11.8 Å². The molecule has 0 amide bonds. The lowest BCUT2D eigenvalue weighted by atomic mass is 10.1. The van der Waals surface area contributed by atoms with Crippen LogP contribution in [0, 0.1) is 11.8 Å². The molecule has 1 saturated carbocycles. The SMILES string of the molecule is CC(CNCc1ccc(Cl)o1)C1CC1. The Morgan fingerprint density at radius 1 is 1.57 bits per heavy atom. The van der Waals surface area contributed by atoms with Crippen molar-refractivity contribution in [1.82, 2.24) is 5.32 Å².